The Morgan fingerprint density at radius 2 is 1.63 bits per heavy atom. The lowest BCUT2D eigenvalue weighted by Crippen LogP contribution is -2.05. The summed E-state index contributed by atoms with van der Waals surface area (Å²) >= 11 is 0. The zero-order valence-electron chi connectivity index (χ0n) is 11.2. The molecule has 0 radical (unpaired) electrons. The van der Waals surface area contributed by atoms with Crippen LogP contribution in [0.15, 0.2) is 12.1 Å². The minimum absolute atomic E-state index is 0.137. The van der Waals surface area contributed by atoms with Crippen molar-refractivity contribution >= 4 is 0 Å². The Morgan fingerprint density at radius 3 is 2.16 bits per heavy atom. The SMILES string of the molecule is CCOc1ccc(OCCCC(F)CC)c(F)c1F. The van der Waals surface area contributed by atoms with E-state index in [2.05, 4.69) is 0 Å². The fourth-order valence-electron chi connectivity index (χ4n) is 1.58. The predicted molar refractivity (Wildman–Crippen MR) is 67.4 cm³/mol. The highest BCUT2D eigenvalue weighted by Crippen LogP contribution is 2.27. The van der Waals surface area contributed by atoms with E-state index in [0.29, 0.717) is 19.3 Å². The largest absolute Gasteiger partial charge is 0.491 e. The van der Waals surface area contributed by atoms with Crippen molar-refractivity contribution in [3.63, 3.8) is 0 Å². The normalized spacial score (nSPS) is 12.3. The summed E-state index contributed by atoms with van der Waals surface area (Å²) in [6.07, 6.45) is 0.401. The van der Waals surface area contributed by atoms with Gasteiger partial charge in [-0.2, -0.15) is 8.78 Å². The summed E-state index contributed by atoms with van der Waals surface area (Å²) in [6, 6.07) is 2.64. The van der Waals surface area contributed by atoms with E-state index in [1.54, 1.807) is 13.8 Å². The number of ether oxygens (including phenoxy) is 2. The molecule has 0 aliphatic rings. The molecule has 0 N–H and O–H groups in total. The van der Waals surface area contributed by atoms with E-state index in [4.69, 9.17) is 9.47 Å². The molecule has 1 rings (SSSR count). The number of hydrogen-bond acceptors (Lipinski definition) is 2. The number of rotatable bonds is 8. The topological polar surface area (TPSA) is 18.5 Å². The van der Waals surface area contributed by atoms with E-state index in [-0.39, 0.29) is 24.7 Å². The summed E-state index contributed by atoms with van der Waals surface area (Å²) in [5, 5.41) is 0. The number of alkyl halides is 1. The van der Waals surface area contributed by atoms with Gasteiger partial charge in [0, 0.05) is 0 Å². The van der Waals surface area contributed by atoms with Gasteiger partial charge in [-0.05, 0) is 38.3 Å². The van der Waals surface area contributed by atoms with Crippen molar-refractivity contribution in [3.05, 3.63) is 23.8 Å². The highest BCUT2D eigenvalue weighted by Gasteiger charge is 2.15. The molecule has 0 aromatic heterocycles. The quantitative estimate of drug-likeness (QED) is 0.660. The van der Waals surface area contributed by atoms with Crippen molar-refractivity contribution in [3.8, 4) is 11.5 Å². The van der Waals surface area contributed by atoms with Crippen LogP contribution in [0.3, 0.4) is 0 Å². The zero-order valence-corrected chi connectivity index (χ0v) is 11.2. The van der Waals surface area contributed by atoms with Crippen LogP contribution in [-0.4, -0.2) is 19.4 Å². The van der Waals surface area contributed by atoms with Gasteiger partial charge < -0.3 is 9.47 Å². The summed E-state index contributed by atoms with van der Waals surface area (Å²) in [7, 11) is 0. The zero-order chi connectivity index (χ0) is 14.3. The van der Waals surface area contributed by atoms with Crippen molar-refractivity contribution in [2.24, 2.45) is 0 Å². The molecule has 0 fully saturated rings. The van der Waals surface area contributed by atoms with Gasteiger partial charge >= 0.3 is 0 Å². The van der Waals surface area contributed by atoms with Gasteiger partial charge in [0.2, 0.25) is 11.6 Å². The predicted octanol–water partition coefficient (Wildman–Crippen LogP) is 4.27. The highest BCUT2D eigenvalue weighted by atomic mass is 19.2. The van der Waals surface area contributed by atoms with Crippen LogP contribution >= 0.6 is 0 Å². The molecule has 0 bridgehead atoms. The number of hydrogen-bond donors (Lipinski definition) is 0. The number of benzene rings is 1. The maximum atomic E-state index is 13.6. The third-order valence-corrected chi connectivity index (χ3v) is 2.67. The molecular weight excluding hydrogens is 257 g/mol. The van der Waals surface area contributed by atoms with E-state index in [0.717, 1.165) is 0 Å². The fourth-order valence-corrected chi connectivity index (χ4v) is 1.58. The lowest BCUT2D eigenvalue weighted by Gasteiger charge is -2.11. The Hall–Kier alpha value is -1.39. The van der Waals surface area contributed by atoms with Crippen LogP contribution in [0.5, 0.6) is 11.5 Å². The van der Waals surface area contributed by atoms with E-state index in [1.165, 1.54) is 12.1 Å². The van der Waals surface area contributed by atoms with Gasteiger partial charge in [-0.3, -0.25) is 0 Å². The molecule has 19 heavy (non-hydrogen) atoms. The first-order chi connectivity index (χ1) is 9.10. The van der Waals surface area contributed by atoms with Gasteiger partial charge in [-0.25, -0.2) is 4.39 Å². The molecule has 2 nitrogen and oxygen atoms in total. The van der Waals surface area contributed by atoms with Crippen LogP contribution < -0.4 is 9.47 Å². The standard InChI is InChI=1S/C14H19F3O2/c1-3-10(15)6-5-9-19-12-8-7-11(18-4-2)13(16)14(12)17/h7-8,10H,3-6,9H2,1-2H3. The smallest absolute Gasteiger partial charge is 0.204 e. The molecule has 0 aliphatic carbocycles. The molecule has 0 saturated heterocycles. The maximum absolute atomic E-state index is 13.6. The lowest BCUT2D eigenvalue weighted by atomic mass is 10.2. The van der Waals surface area contributed by atoms with Gasteiger partial charge in [-0.15, -0.1) is 0 Å². The van der Waals surface area contributed by atoms with Crippen molar-refractivity contribution < 1.29 is 22.6 Å². The summed E-state index contributed by atoms with van der Waals surface area (Å²) in [5.74, 6) is -2.44. The van der Waals surface area contributed by atoms with Crippen LogP contribution in [0, 0.1) is 11.6 Å². The Kier molecular flexibility index (Phi) is 6.53. The minimum Gasteiger partial charge on any atom is -0.491 e. The molecular formula is C14H19F3O2. The Morgan fingerprint density at radius 1 is 1.05 bits per heavy atom. The van der Waals surface area contributed by atoms with Crippen LogP contribution in [0.2, 0.25) is 0 Å². The first kappa shape index (κ1) is 15.7. The van der Waals surface area contributed by atoms with Crippen LogP contribution in [-0.2, 0) is 0 Å². The monoisotopic (exact) mass is 276 g/mol. The molecule has 0 spiro atoms. The molecule has 0 aliphatic heterocycles. The van der Waals surface area contributed by atoms with Gasteiger partial charge in [-0.1, -0.05) is 6.92 Å². The van der Waals surface area contributed by atoms with Gasteiger partial charge in [0.15, 0.2) is 11.5 Å². The summed E-state index contributed by atoms with van der Waals surface area (Å²) < 4.78 is 50.0. The summed E-state index contributed by atoms with van der Waals surface area (Å²) in [5.41, 5.74) is 0. The van der Waals surface area contributed by atoms with Crippen molar-refractivity contribution in [2.45, 2.75) is 39.3 Å². The molecule has 108 valence electrons. The fraction of sp³-hybridized carbons (Fsp3) is 0.571. The van der Waals surface area contributed by atoms with E-state index in [1.807, 2.05) is 0 Å². The van der Waals surface area contributed by atoms with Crippen molar-refractivity contribution in [1.82, 2.24) is 0 Å². The molecule has 5 heteroatoms. The molecule has 1 aromatic carbocycles. The highest BCUT2D eigenvalue weighted by molar-refractivity contribution is 5.34. The van der Waals surface area contributed by atoms with E-state index in [9.17, 15) is 13.2 Å². The minimum atomic E-state index is -1.07. The first-order valence-electron chi connectivity index (χ1n) is 6.47. The van der Waals surface area contributed by atoms with Gasteiger partial charge in [0.25, 0.3) is 0 Å². The van der Waals surface area contributed by atoms with Crippen molar-refractivity contribution in [1.29, 1.82) is 0 Å². The maximum Gasteiger partial charge on any atom is 0.204 e. The summed E-state index contributed by atoms with van der Waals surface area (Å²) in [6.45, 7) is 3.85. The number of halogens is 3. The van der Waals surface area contributed by atoms with Crippen LogP contribution in [0.25, 0.3) is 0 Å². The Bertz CT molecular complexity index is 397. The third-order valence-electron chi connectivity index (χ3n) is 2.67. The molecule has 0 saturated carbocycles. The average Bonchev–Trinajstić information content (AvgIpc) is 2.42. The molecule has 1 unspecified atom stereocenters. The average molecular weight is 276 g/mol. The molecule has 1 atom stereocenters. The van der Waals surface area contributed by atoms with Gasteiger partial charge in [0.05, 0.1) is 19.4 Å². The summed E-state index contributed by atoms with van der Waals surface area (Å²) in [4.78, 5) is 0. The second-order valence-corrected chi connectivity index (χ2v) is 4.12. The van der Waals surface area contributed by atoms with Crippen LogP contribution in [0.1, 0.15) is 33.1 Å². The van der Waals surface area contributed by atoms with Crippen LogP contribution in [0.4, 0.5) is 13.2 Å². The molecule has 0 heterocycles. The third kappa shape index (κ3) is 4.65. The van der Waals surface area contributed by atoms with E-state index >= 15 is 0 Å². The Labute approximate surface area is 111 Å². The first-order valence-corrected chi connectivity index (χ1v) is 6.47. The molecule has 0 amide bonds. The Balaban J connectivity index is 2.53. The second-order valence-electron chi connectivity index (χ2n) is 4.12. The molecule has 1 aromatic rings. The van der Waals surface area contributed by atoms with E-state index < -0.39 is 17.8 Å². The second kappa shape index (κ2) is 7.92. The lowest BCUT2D eigenvalue weighted by molar-refractivity contribution is 0.244. The van der Waals surface area contributed by atoms with Gasteiger partial charge in [0.1, 0.15) is 0 Å². The van der Waals surface area contributed by atoms with Crippen molar-refractivity contribution in [2.75, 3.05) is 13.2 Å².